The molecule has 2 aliphatic heterocycles. The normalized spacial score (nSPS) is 31.3. The number of carbonyl (C=O) groups excluding carboxylic acids is 1. The van der Waals surface area contributed by atoms with E-state index in [2.05, 4.69) is 5.32 Å². The molecule has 0 aromatic heterocycles. The van der Waals surface area contributed by atoms with Gasteiger partial charge in [-0.1, -0.05) is 0 Å². The SMILES string of the molecule is O=C1CCS(=O)(=O)N1CC1CCCN1. The Balaban J connectivity index is 2.05. The zero-order valence-electron chi connectivity index (χ0n) is 7.90. The number of amides is 1. The van der Waals surface area contributed by atoms with Crippen LogP contribution in [0.4, 0.5) is 0 Å². The van der Waals surface area contributed by atoms with Gasteiger partial charge >= 0.3 is 0 Å². The van der Waals surface area contributed by atoms with Gasteiger partial charge in [-0.05, 0) is 19.4 Å². The van der Waals surface area contributed by atoms with Gasteiger partial charge in [0.05, 0.1) is 12.3 Å². The van der Waals surface area contributed by atoms with Crippen LogP contribution in [0.15, 0.2) is 0 Å². The highest BCUT2D eigenvalue weighted by Gasteiger charge is 2.36. The summed E-state index contributed by atoms with van der Waals surface area (Å²) in [6, 6.07) is 0.159. The lowest BCUT2D eigenvalue weighted by molar-refractivity contribution is -0.125. The fraction of sp³-hybridized carbons (Fsp3) is 0.875. The predicted octanol–water partition coefficient (Wildman–Crippen LogP) is -0.699. The van der Waals surface area contributed by atoms with Crippen molar-refractivity contribution < 1.29 is 13.2 Å². The molecule has 0 aromatic carbocycles. The summed E-state index contributed by atoms with van der Waals surface area (Å²) in [5, 5.41) is 3.18. The van der Waals surface area contributed by atoms with Gasteiger partial charge in [0.1, 0.15) is 0 Å². The standard InChI is InChI=1S/C8H14N2O3S/c11-8-3-5-14(12,13)10(8)6-7-2-1-4-9-7/h7,9H,1-6H2. The van der Waals surface area contributed by atoms with Crippen molar-refractivity contribution in [2.24, 2.45) is 0 Å². The number of rotatable bonds is 2. The third kappa shape index (κ3) is 1.76. The first kappa shape index (κ1) is 9.92. The van der Waals surface area contributed by atoms with Gasteiger partial charge in [-0.3, -0.25) is 4.79 Å². The van der Waals surface area contributed by atoms with E-state index in [4.69, 9.17) is 0 Å². The number of carbonyl (C=O) groups is 1. The van der Waals surface area contributed by atoms with Crippen LogP contribution in [-0.2, 0) is 14.8 Å². The third-order valence-electron chi connectivity index (χ3n) is 2.74. The minimum absolute atomic E-state index is 0.0153. The molecule has 0 bridgehead atoms. The Kier molecular flexibility index (Phi) is 2.48. The van der Waals surface area contributed by atoms with Gasteiger partial charge < -0.3 is 5.32 Å². The monoisotopic (exact) mass is 218 g/mol. The van der Waals surface area contributed by atoms with Crippen molar-refractivity contribution in [2.75, 3.05) is 18.8 Å². The molecule has 1 unspecified atom stereocenters. The highest BCUT2D eigenvalue weighted by molar-refractivity contribution is 7.90. The van der Waals surface area contributed by atoms with Gasteiger partial charge in [0.2, 0.25) is 15.9 Å². The second kappa shape index (κ2) is 3.51. The summed E-state index contributed by atoms with van der Waals surface area (Å²) in [6.45, 7) is 1.24. The Morgan fingerprint density at radius 1 is 1.50 bits per heavy atom. The van der Waals surface area contributed by atoms with Crippen molar-refractivity contribution in [3.05, 3.63) is 0 Å². The number of hydrogen-bond acceptors (Lipinski definition) is 4. The van der Waals surface area contributed by atoms with E-state index >= 15 is 0 Å². The molecule has 0 aromatic rings. The van der Waals surface area contributed by atoms with E-state index in [1.807, 2.05) is 0 Å². The van der Waals surface area contributed by atoms with Crippen molar-refractivity contribution in [2.45, 2.75) is 25.3 Å². The molecule has 6 heteroatoms. The molecule has 2 fully saturated rings. The number of nitrogens with zero attached hydrogens (tertiary/aromatic N) is 1. The summed E-state index contributed by atoms with van der Waals surface area (Å²) in [7, 11) is -3.28. The highest BCUT2D eigenvalue weighted by atomic mass is 32.2. The first-order valence-corrected chi connectivity index (χ1v) is 6.47. The second-order valence-corrected chi connectivity index (χ2v) is 5.80. The van der Waals surface area contributed by atoms with Crippen LogP contribution >= 0.6 is 0 Å². The van der Waals surface area contributed by atoms with Crippen molar-refractivity contribution in [3.8, 4) is 0 Å². The van der Waals surface area contributed by atoms with Gasteiger partial charge in [-0.15, -0.1) is 0 Å². The molecule has 0 saturated carbocycles. The number of sulfonamides is 1. The van der Waals surface area contributed by atoms with Crippen LogP contribution in [0.5, 0.6) is 0 Å². The van der Waals surface area contributed by atoms with E-state index in [0.29, 0.717) is 6.54 Å². The van der Waals surface area contributed by atoms with E-state index in [-0.39, 0.29) is 24.1 Å². The summed E-state index contributed by atoms with van der Waals surface area (Å²) in [5.41, 5.74) is 0. The Bertz CT molecular complexity index is 332. The summed E-state index contributed by atoms with van der Waals surface area (Å²) < 4.78 is 23.9. The summed E-state index contributed by atoms with van der Waals surface area (Å²) >= 11 is 0. The maximum Gasteiger partial charge on any atom is 0.237 e. The van der Waals surface area contributed by atoms with E-state index < -0.39 is 10.0 Å². The number of nitrogens with one attached hydrogen (secondary N) is 1. The van der Waals surface area contributed by atoms with Crippen molar-refractivity contribution in [1.29, 1.82) is 0 Å². The molecule has 2 heterocycles. The average molecular weight is 218 g/mol. The predicted molar refractivity (Wildman–Crippen MR) is 51.1 cm³/mol. The first-order valence-electron chi connectivity index (χ1n) is 4.86. The van der Waals surface area contributed by atoms with E-state index in [1.54, 1.807) is 0 Å². The largest absolute Gasteiger partial charge is 0.312 e. The Morgan fingerprint density at radius 3 is 2.79 bits per heavy atom. The molecule has 0 aliphatic carbocycles. The average Bonchev–Trinajstić information content (AvgIpc) is 2.69. The van der Waals surface area contributed by atoms with Crippen LogP contribution in [-0.4, -0.2) is 43.5 Å². The minimum atomic E-state index is -3.28. The fourth-order valence-electron chi connectivity index (χ4n) is 1.93. The molecular formula is C8H14N2O3S. The van der Waals surface area contributed by atoms with E-state index in [1.165, 1.54) is 0 Å². The molecular weight excluding hydrogens is 204 g/mol. The van der Waals surface area contributed by atoms with Crippen molar-refractivity contribution in [1.82, 2.24) is 9.62 Å². The molecule has 0 spiro atoms. The number of hydrogen-bond donors (Lipinski definition) is 1. The molecule has 2 rings (SSSR count). The van der Waals surface area contributed by atoms with Crippen LogP contribution in [0, 0.1) is 0 Å². The summed E-state index contributed by atoms with van der Waals surface area (Å²) in [5.74, 6) is -0.267. The van der Waals surface area contributed by atoms with Crippen LogP contribution in [0.3, 0.4) is 0 Å². The lowest BCUT2D eigenvalue weighted by Crippen LogP contribution is -2.40. The van der Waals surface area contributed by atoms with Gasteiger partial charge in [0, 0.05) is 12.5 Å². The maximum absolute atomic E-state index is 11.4. The van der Waals surface area contributed by atoms with Crippen LogP contribution < -0.4 is 5.32 Å². The van der Waals surface area contributed by atoms with Crippen LogP contribution in [0.1, 0.15) is 19.3 Å². The molecule has 80 valence electrons. The van der Waals surface area contributed by atoms with E-state index in [0.717, 1.165) is 23.7 Å². The topological polar surface area (TPSA) is 66.5 Å². The van der Waals surface area contributed by atoms with Gasteiger partial charge in [0.25, 0.3) is 0 Å². The molecule has 1 N–H and O–H groups in total. The smallest absolute Gasteiger partial charge is 0.237 e. The molecule has 2 saturated heterocycles. The third-order valence-corrected chi connectivity index (χ3v) is 4.48. The minimum Gasteiger partial charge on any atom is -0.312 e. The lowest BCUT2D eigenvalue weighted by atomic mass is 10.2. The fourth-order valence-corrected chi connectivity index (χ4v) is 3.40. The zero-order valence-corrected chi connectivity index (χ0v) is 8.72. The molecule has 5 nitrogen and oxygen atoms in total. The van der Waals surface area contributed by atoms with E-state index in [9.17, 15) is 13.2 Å². The Labute approximate surface area is 83.5 Å². The summed E-state index contributed by atoms with van der Waals surface area (Å²) in [6.07, 6.45) is 2.17. The zero-order chi connectivity index (χ0) is 10.2. The highest BCUT2D eigenvalue weighted by Crippen LogP contribution is 2.17. The molecule has 0 radical (unpaired) electrons. The van der Waals surface area contributed by atoms with Gasteiger partial charge in [0.15, 0.2) is 0 Å². The molecule has 14 heavy (non-hydrogen) atoms. The molecule has 1 amide bonds. The van der Waals surface area contributed by atoms with Crippen molar-refractivity contribution in [3.63, 3.8) is 0 Å². The second-order valence-electron chi connectivity index (χ2n) is 3.78. The first-order chi connectivity index (χ1) is 6.59. The molecule has 1 atom stereocenters. The molecule has 2 aliphatic rings. The van der Waals surface area contributed by atoms with Crippen LogP contribution in [0.2, 0.25) is 0 Å². The van der Waals surface area contributed by atoms with Gasteiger partial charge in [-0.2, -0.15) is 0 Å². The Hall–Kier alpha value is -0.620. The summed E-state index contributed by atoms with van der Waals surface area (Å²) in [4.78, 5) is 11.3. The lowest BCUT2D eigenvalue weighted by Gasteiger charge is -2.19. The van der Waals surface area contributed by atoms with Crippen molar-refractivity contribution >= 4 is 15.9 Å². The van der Waals surface area contributed by atoms with Crippen LogP contribution in [0.25, 0.3) is 0 Å². The Morgan fingerprint density at radius 2 is 2.29 bits per heavy atom. The quantitative estimate of drug-likeness (QED) is 0.665. The van der Waals surface area contributed by atoms with Gasteiger partial charge in [-0.25, -0.2) is 12.7 Å². The maximum atomic E-state index is 11.4.